The van der Waals surface area contributed by atoms with Crippen molar-refractivity contribution in [1.29, 1.82) is 0 Å². The number of nitrogens with zero attached hydrogens (tertiary/aromatic N) is 1. The Morgan fingerprint density at radius 2 is 2.31 bits per heavy atom. The second-order valence-electron chi connectivity index (χ2n) is 4.78. The minimum atomic E-state index is -0.289. The summed E-state index contributed by atoms with van der Waals surface area (Å²) in [6.45, 7) is 0.607. The van der Waals surface area contributed by atoms with Crippen LogP contribution < -0.4 is 0 Å². The van der Waals surface area contributed by atoms with Gasteiger partial charge >= 0.3 is 5.97 Å². The Labute approximate surface area is 94.2 Å². The van der Waals surface area contributed by atoms with Crippen LogP contribution in [0.5, 0.6) is 0 Å². The molecule has 2 aliphatic heterocycles. The van der Waals surface area contributed by atoms with Gasteiger partial charge in [0.15, 0.2) is 0 Å². The van der Waals surface area contributed by atoms with Gasteiger partial charge in [0, 0.05) is 12.3 Å². The molecule has 4 heteroatoms. The fourth-order valence-electron chi connectivity index (χ4n) is 2.85. The maximum absolute atomic E-state index is 12.2. The van der Waals surface area contributed by atoms with Crippen LogP contribution in [0, 0.1) is 5.92 Å². The van der Waals surface area contributed by atoms with Gasteiger partial charge < -0.3 is 9.64 Å². The number of allylic oxidation sites excluding steroid dienone is 2. The Bertz CT molecular complexity index is 363. The first-order chi connectivity index (χ1) is 7.75. The molecule has 2 saturated heterocycles. The molecule has 1 amide bonds. The van der Waals surface area contributed by atoms with Crippen LogP contribution in [-0.4, -0.2) is 35.5 Å². The van der Waals surface area contributed by atoms with Crippen molar-refractivity contribution in [2.75, 3.05) is 6.54 Å². The number of amides is 1. The lowest BCUT2D eigenvalue weighted by Gasteiger charge is -2.29. The minimum absolute atomic E-state index is 0.0411. The van der Waals surface area contributed by atoms with E-state index in [9.17, 15) is 9.59 Å². The van der Waals surface area contributed by atoms with E-state index in [1.54, 1.807) is 4.90 Å². The van der Waals surface area contributed by atoms with Crippen molar-refractivity contribution in [3.05, 3.63) is 12.2 Å². The number of ether oxygens (including phenoxy) is 1. The van der Waals surface area contributed by atoms with Gasteiger partial charge in [0.05, 0.1) is 6.54 Å². The van der Waals surface area contributed by atoms with Crippen LogP contribution in [0.15, 0.2) is 12.2 Å². The maximum atomic E-state index is 12.2. The normalized spacial score (nSPS) is 36.6. The quantitative estimate of drug-likeness (QED) is 0.487. The van der Waals surface area contributed by atoms with Gasteiger partial charge in [-0.25, -0.2) is 4.79 Å². The van der Waals surface area contributed by atoms with Crippen LogP contribution in [0.25, 0.3) is 0 Å². The minimum Gasteiger partial charge on any atom is -0.459 e. The van der Waals surface area contributed by atoms with Gasteiger partial charge in [0.25, 0.3) is 0 Å². The standard InChI is InChI=1S/C12H15NO3/c14-11(8-4-2-1-3-5-8)13-7-9-6-10(13)12(15)16-9/h1-2,8-10H,3-7H2/t8-,9+,10+/m0/s1. The summed E-state index contributed by atoms with van der Waals surface area (Å²) in [5, 5.41) is 0. The molecule has 4 nitrogen and oxygen atoms in total. The predicted octanol–water partition coefficient (Wildman–Crippen LogP) is 0.869. The molecule has 0 radical (unpaired) electrons. The molecule has 0 aromatic rings. The number of likely N-dealkylation sites (tertiary alicyclic amines) is 1. The molecule has 2 bridgehead atoms. The van der Waals surface area contributed by atoms with Crippen molar-refractivity contribution in [3.63, 3.8) is 0 Å². The zero-order chi connectivity index (χ0) is 11.1. The zero-order valence-electron chi connectivity index (χ0n) is 9.09. The third kappa shape index (κ3) is 1.44. The smallest absolute Gasteiger partial charge is 0.329 e. The van der Waals surface area contributed by atoms with Crippen LogP contribution in [0.3, 0.4) is 0 Å². The molecule has 1 aliphatic carbocycles. The van der Waals surface area contributed by atoms with Gasteiger partial charge in [-0.1, -0.05) is 12.2 Å². The number of fused-ring (bicyclic) bond motifs is 2. The van der Waals surface area contributed by atoms with Crippen LogP contribution in [0.1, 0.15) is 25.7 Å². The SMILES string of the molecule is O=C1O[C@@H]2C[C@H]1N(C(=O)[C@H]1CC=CCC1)C2. The summed E-state index contributed by atoms with van der Waals surface area (Å²) in [5.41, 5.74) is 0. The summed E-state index contributed by atoms with van der Waals surface area (Å²) in [5.74, 6) is 0.0154. The highest BCUT2D eigenvalue weighted by molar-refractivity contribution is 5.88. The van der Waals surface area contributed by atoms with E-state index < -0.39 is 0 Å². The van der Waals surface area contributed by atoms with Gasteiger partial charge in [-0.2, -0.15) is 0 Å². The second-order valence-corrected chi connectivity index (χ2v) is 4.78. The van der Waals surface area contributed by atoms with Crippen molar-refractivity contribution < 1.29 is 14.3 Å². The van der Waals surface area contributed by atoms with Crippen molar-refractivity contribution in [1.82, 2.24) is 4.90 Å². The number of hydrogen-bond acceptors (Lipinski definition) is 3. The Morgan fingerprint density at radius 1 is 1.44 bits per heavy atom. The van der Waals surface area contributed by atoms with Gasteiger partial charge in [0.2, 0.25) is 5.91 Å². The lowest BCUT2D eigenvalue weighted by molar-refractivity contribution is -0.158. The maximum Gasteiger partial charge on any atom is 0.329 e. The molecule has 0 saturated carbocycles. The predicted molar refractivity (Wildman–Crippen MR) is 56.5 cm³/mol. The van der Waals surface area contributed by atoms with E-state index in [1.165, 1.54) is 0 Å². The Hall–Kier alpha value is -1.32. The summed E-state index contributed by atoms with van der Waals surface area (Å²) in [4.78, 5) is 25.4. The number of carbonyl (C=O) groups is 2. The Kier molecular flexibility index (Phi) is 2.23. The van der Waals surface area contributed by atoms with E-state index >= 15 is 0 Å². The van der Waals surface area contributed by atoms with Crippen LogP contribution in [0.2, 0.25) is 0 Å². The average molecular weight is 221 g/mol. The fraction of sp³-hybridized carbons (Fsp3) is 0.667. The highest BCUT2D eigenvalue weighted by atomic mass is 16.6. The third-order valence-corrected chi connectivity index (χ3v) is 3.72. The third-order valence-electron chi connectivity index (χ3n) is 3.72. The number of morpholine rings is 1. The summed E-state index contributed by atoms with van der Waals surface area (Å²) < 4.78 is 5.08. The molecule has 2 fully saturated rings. The van der Waals surface area contributed by atoms with E-state index in [2.05, 4.69) is 12.2 Å². The monoisotopic (exact) mass is 221 g/mol. The van der Waals surface area contributed by atoms with Crippen molar-refractivity contribution in [3.8, 4) is 0 Å². The Balaban J connectivity index is 1.71. The van der Waals surface area contributed by atoms with Gasteiger partial charge in [0.1, 0.15) is 12.1 Å². The molecule has 2 heterocycles. The molecule has 0 N–H and O–H groups in total. The molecule has 16 heavy (non-hydrogen) atoms. The van der Waals surface area contributed by atoms with E-state index in [1.807, 2.05) is 0 Å². The van der Waals surface area contributed by atoms with Crippen LogP contribution in [-0.2, 0) is 14.3 Å². The molecule has 0 spiro atoms. The van der Waals surface area contributed by atoms with Crippen molar-refractivity contribution in [2.24, 2.45) is 5.92 Å². The highest BCUT2D eigenvalue weighted by Crippen LogP contribution is 2.32. The van der Waals surface area contributed by atoms with E-state index in [-0.39, 0.29) is 29.9 Å². The topological polar surface area (TPSA) is 46.6 Å². The van der Waals surface area contributed by atoms with Gasteiger partial charge in [-0.05, 0) is 19.3 Å². The molecule has 3 rings (SSSR count). The zero-order valence-corrected chi connectivity index (χ0v) is 9.09. The number of rotatable bonds is 1. The fourth-order valence-corrected chi connectivity index (χ4v) is 2.85. The summed E-state index contributed by atoms with van der Waals surface area (Å²) >= 11 is 0. The molecule has 0 aromatic carbocycles. The lowest BCUT2D eigenvalue weighted by atomic mass is 9.93. The van der Waals surface area contributed by atoms with Crippen LogP contribution >= 0.6 is 0 Å². The first-order valence-electron chi connectivity index (χ1n) is 5.91. The molecule has 3 atom stereocenters. The molecule has 0 unspecified atom stereocenters. The summed E-state index contributed by atoms with van der Waals surface area (Å²) in [6.07, 6.45) is 7.56. The van der Waals surface area contributed by atoms with Gasteiger partial charge in [-0.3, -0.25) is 4.79 Å². The van der Waals surface area contributed by atoms with Crippen molar-refractivity contribution in [2.45, 2.75) is 37.8 Å². The second kappa shape index (κ2) is 3.61. The lowest BCUT2D eigenvalue weighted by Crippen LogP contribution is -2.46. The first kappa shape index (κ1) is 9.87. The van der Waals surface area contributed by atoms with Gasteiger partial charge in [-0.15, -0.1) is 0 Å². The summed E-state index contributed by atoms with van der Waals surface area (Å²) in [7, 11) is 0. The Morgan fingerprint density at radius 3 is 2.94 bits per heavy atom. The molecule has 86 valence electrons. The van der Waals surface area contributed by atoms with Crippen molar-refractivity contribution >= 4 is 11.9 Å². The van der Waals surface area contributed by atoms with E-state index in [0.717, 1.165) is 19.3 Å². The molecule has 3 aliphatic rings. The van der Waals surface area contributed by atoms with E-state index in [4.69, 9.17) is 4.74 Å². The molecular weight excluding hydrogens is 206 g/mol. The number of esters is 1. The molecule has 0 aromatic heterocycles. The highest BCUT2D eigenvalue weighted by Gasteiger charge is 2.49. The van der Waals surface area contributed by atoms with Crippen LogP contribution in [0.4, 0.5) is 0 Å². The first-order valence-corrected chi connectivity index (χ1v) is 5.91. The number of hydrogen-bond donors (Lipinski definition) is 0. The van der Waals surface area contributed by atoms with E-state index in [0.29, 0.717) is 13.0 Å². The molecular formula is C12H15NO3. The summed E-state index contributed by atoms with van der Waals surface area (Å²) in [6, 6.07) is -0.289. The number of carbonyl (C=O) groups excluding carboxylic acids is 2. The average Bonchev–Trinajstić information content (AvgIpc) is 2.88. The largest absolute Gasteiger partial charge is 0.459 e.